The zero-order valence-electron chi connectivity index (χ0n) is 10.2. The van der Waals surface area contributed by atoms with Crippen LogP contribution >= 0.6 is 0 Å². The van der Waals surface area contributed by atoms with E-state index in [0.29, 0.717) is 11.7 Å². The van der Waals surface area contributed by atoms with Gasteiger partial charge in [-0.2, -0.15) is 19.9 Å². The molecule has 0 bridgehead atoms. The predicted octanol–water partition coefficient (Wildman–Crippen LogP) is -0.663. The van der Waals surface area contributed by atoms with Crippen molar-refractivity contribution in [2.45, 2.75) is 13.8 Å². The van der Waals surface area contributed by atoms with E-state index in [0.717, 1.165) is 0 Å². The first-order valence-corrected chi connectivity index (χ1v) is 4.96. The molecule has 0 aliphatic carbocycles. The van der Waals surface area contributed by atoms with Gasteiger partial charge in [-0.1, -0.05) is 6.58 Å². The molecular formula is C9H15N9. The number of anilines is 2. The Labute approximate surface area is 104 Å². The Bertz CT molecular complexity index is 493. The monoisotopic (exact) mass is 249 g/mol. The van der Waals surface area contributed by atoms with Crippen LogP contribution in [0.3, 0.4) is 0 Å². The Hall–Kier alpha value is -2.71. The van der Waals surface area contributed by atoms with Crippen LogP contribution in [-0.2, 0) is 0 Å². The Morgan fingerprint density at radius 3 is 2.39 bits per heavy atom. The van der Waals surface area contributed by atoms with Gasteiger partial charge in [0.2, 0.25) is 17.9 Å². The van der Waals surface area contributed by atoms with E-state index in [1.807, 2.05) is 0 Å². The summed E-state index contributed by atoms with van der Waals surface area (Å²) in [5, 5.41) is 2.72. The van der Waals surface area contributed by atoms with Gasteiger partial charge >= 0.3 is 0 Å². The smallest absolute Gasteiger partial charge is 0.234 e. The van der Waals surface area contributed by atoms with E-state index >= 15 is 0 Å². The Kier molecular flexibility index (Phi) is 4.13. The number of aryl methyl sites for hydroxylation is 1. The third-order valence-electron chi connectivity index (χ3n) is 1.52. The average molecular weight is 249 g/mol. The van der Waals surface area contributed by atoms with Crippen LogP contribution in [0.1, 0.15) is 12.7 Å². The molecular weight excluding hydrogens is 234 g/mol. The maximum Gasteiger partial charge on any atom is 0.234 e. The summed E-state index contributed by atoms with van der Waals surface area (Å²) in [6, 6.07) is 0. The highest BCUT2D eigenvalue weighted by atomic mass is 15.3. The number of nitrogens with one attached hydrogen (secondary N) is 1. The number of hydrogen-bond donors (Lipinski definition) is 4. The van der Waals surface area contributed by atoms with Crippen molar-refractivity contribution in [3.63, 3.8) is 0 Å². The van der Waals surface area contributed by atoms with Crippen molar-refractivity contribution in [3.05, 3.63) is 18.2 Å². The molecule has 0 amide bonds. The van der Waals surface area contributed by atoms with Gasteiger partial charge in [0.05, 0.1) is 5.84 Å². The van der Waals surface area contributed by atoms with Gasteiger partial charge in [-0.25, -0.2) is 4.99 Å². The van der Waals surface area contributed by atoms with Crippen molar-refractivity contribution in [2.24, 2.45) is 21.5 Å². The van der Waals surface area contributed by atoms with Crippen LogP contribution in [0, 0.1) is 6.92 Å². The normalized spacial score (nSPS) is 12.3. The molecule has 9 heteroatoms. The van der Waals surface area contributed by atoms with Crippen LogP contribution in [0.2, 0.25) is 0 Å². The lowest BCUT2D eigenvalue weighted by atomic mass is 10.6. The van der Waals surface area contributed by atoms with E-state index in [1.54, 1.807) is 13.8 Å². The third-order valence-corrected chi connectivity index (χ3v) is 1.52. The zero-order valence-corrected chi connectivity index (χ0v) is 10.2. The summed E-state index contributed by atoms with van der Waals surface area (Å²) in [6.45, 7) is 6.72. The van der Waals surface area contributed by atoms with Crippen LogP contribution < -0.4 is 22.5 Å². The number of hydrogen-bond acceptors (Lipinski definition) is 6. The van der Waals surface area contributed by atoms with Gasteiger partial charge in [-0.05, 0) is 13.8 Å². The minimum atomic E-state index is 0.0706. The average Bonchev–Trinajstić information content (AvgIpc) is 2.12. The number of amidine groups is 1. The molecule has 1 heterocycles. The van der Waals surface area contributed by atoms with Crippen LogP contribution in [0.15, 0.2) is 22.4 Å². The minimum absolute atomic E-state index is 0.0706. The lowest BCUT2D eigenvalue weighted by molar-refractivity contribution is 0.996. The number of nitrogens with two attached hydrogens (primary N) is 3. The molecule has 0 radical (unpaired) electrons. The molecule has 18 heavy (non-hydrogen) atoms. The first-order valence-electron chi connectivity index (χ1n) is 4.96. The van der Waals surface area contributed by atoms with Crippen molar-refractivity contribution in [1.29, 1.82) is 0 Å². The molecule has 0 saturated heterocycles. The summed E-state index contributed by atoms with van der Waals surface area (Å²) in [6.07, 6.45) is 0. The molecule has 96 valence electrons. The maximum atomic E-state index is 5.49. The number of guanidine groups is 1. The van der Waals surface area contributed by atoms with Gasteiger partial charge in [0, 0.05) is 0 Å². The van der Waals surface area contributed by atoms with Crippen molar-refractivity contribution < 1.29 is 0 Å². The number of nitrogen functional groups attached to an aromatic ring is 1. The number of aromatic nitrogens is 3. The topological polar surface area (TPSA) is 153 Å². The largest absolute Gasteiger partial charge is 0.387 e. The van der Waals surface area contributed by atoms with Gasteiger partial charge in [0.1, 0.15) is 11.6 Å². The van der Waals surface area contributed by atoms with E-state index in [2.05, 4.69) is 36.8 Å². The zero-order chi connectivity index (χ0) is 13.7. The second kappa shape index (κ2) is 5.57. The van der Waals surface area contributed by atoms with Gasteiger partial charge < -0.3 is 17.2 Å². The van der Waals surface area contributed by atoms with E-state index < -0.39 is 0 Å². The summed E-state index contributed by atoms with van der Waals surface area (Å²) < 4.78 is 0. The van der Waals surface area contributed by atoms with Crippen molar-refractivity contribution in [3.8, 4) is 0 Å². The van der Waals surface area contributed by atoms with Gasteiger partial charge in [0.25, 0.3) is 0 Å². The molecule has 1 rings (SSSR count). The van der Waals surface area contributed by atoms with Gasteiger partial charge in [-0.3, -0.25) is 5.32 Å². The SMILES string of the molecule is C=C(N)/N=C(\N=C(\C)N)Nc1nc(C)nc(N)n1. The Balaban J connectivity index is 3.03. The van der Waals surface area contributed by atoms with E-state index in [9.17, 15) is 0 Å². The standard InChI is InChI=1S/C9H15N9/c1-4(10)13-8(14-5(2)11)18-9-16-6(3)15-7(12)17-9/h1,10H2,2-3H3,(H5,11,12,13,14,15,16,17,18). The first-order chi connectivity index (χ1) is 8.36. The molecule has 9 nitrogen and oxygen atoms in total. The van der Waals surface area contributed by atoms with Gasteiger partial charge in [0.15, 0.2) is 0 Å². The van der Waals surface area contributed by atoms with Crippen LogP contribution in [0.5, 0.6) is 0 Å². The maximum absolute atomic E-state index is 5.49. The summed E-state index contributed by atoms with van der Waals surface area (Å²) in [5.74, 6) is 1.23. The second-order valence-electron chi connectivity index (χ2n) is 3.37. The van der Waals surface area contributed by atoms with Crippen LogP contribution in [0.4, 0.5) is 11.9 Å². The van der Waals surface area contributed by atoms with Crippen LogP contribution in [-0.4, -0.2) is 26.7 Å². The molecule has 0 atom stereocenters. The van der Waals surface area contributed by atoms with Crippen LogP contribution in [0.25, 0.3) is 0 Å². The molecule has 7 N–H and O–H groups in total. The molecule has 0 spiro atoms. The summed E-state index contributed by atoms with van der Waals surface area (Å²) in [5.41, 5.74) is 16.3. The number of aliphatic imine (C=N–C) groups is 2. The molecule has 0 unspecified atom stereocenters. The lowest BCUT2D eigenvalue weighted by Crippen LogP contribution is -2.19. The van der Waals surface area contributed by atoms with Crippen molar-refractivity contribution >= 4 is 23.7 Å². The molecule has 0 aliphatic heterocycles. The van der Waals surface area contributed by atoms with Gasteiger partial charge in [-0.15, -0.1) is 0 Å². The fourth-order valence-corrected chi connectivity index (χ4v) is 1.04. The quantitative estimate of drug-likeness (QED) is 0.400. The first kappa shape index (κ1) is 13.4. The molecule has 1 aromatic heterocycles. The highest BCUT2D eigenvalue weighted by Gasteiger charge is 2.04. The Morgan fingerprint density at radius 1 is 1.22 bits per heavy atom. The molecule has 0 aliphatic rings. The van der Waals surface area contributed by atoms with Crippen molar-refractivity contribution in [2.75, 3.05) is 11.1 Å². The fourth-order valence-electron chi connectivity index (χ4n) is 1.04. The minimum Gasteiger partial charge on any atom is -0.387 e. The molecule has 0 aromatic carbocycles. The highest BCUT2D eigenvalue weighted by molar-refractivity contribution is 6.01. The van der Waals surface area contributed by atoms with E-state index in [4.69, 9.17) is 17.2 Å². The van der Waals surface area contributed by atoms with E-state index in [1.165, 1.54) is 0 Å². The second-order valence-corrected chi connectivity index (χ2v) is 3.37. The number of rotatable bonds is 2. The fraction of sp³-hybridized carbons (Fsp3) is 0.222. The molecule has 0 fully saturated rings. The highest BCUT2D eigenvalue weighted by Crippen LogP contribution is 2.02. The summed E-state index contributed by atoms with van der Waals surface area (Å²) in [4.78, 5) is 19.5. The third kappa shape index (κ3) is 4.43. The molecule has 1 aromatic rings. The summed E-state index contributed by atoms with van der Waals surface area (Å²) >= 11 is 0. The predicted molar refractivity (Wildman–Crippen MR) is 70.7 cm³/mol. The van der Waals surface area contributed by atoms with Crippen molar-refractivity contribution in [1.82, 2.24) is 15.0 Å². The Morgan fingerprint density at radius 2 is 1.89 bits per heavy atom. The summed E-state index contributed by atoms with van der Waals surface area (Å²) in [7, 11) is 0. The lowest BCUT2D eigenvalue weighted by Gasteiger charge is -2.05. The van der Waals surface area contributed by atoms with E-state index in [-0.39, 0.29) is 23.7 Å². The molecule has 0 saturated carbocycles. The number of nitrogens with zero attached hydrogens (tertiary/aromatic N) is 5.